The lowest BCUT2D eigenvalue weighted by Crippen LogP contribution is -2.31. The van der Waals surface area contributed by atoms with Gasteiger partial charge in [0.1, 0.15) is 5.75 Å². The van der Waals surface area contributed by atoms with Crippen LogP contribution in [-0.2, 0) is 11.2 Å². The van der Waals surface area contributed by atoms with Crippen molar-refractivity contribution in [3.8, 4) is 5.75 Å². The zero-order valence-electron chi connectivity index (χ0n) is 11.1. The second kappa shape index (κ2) is 7.71. The lowest BCUT2D eigenvalue weighted by atomic mass is 10.1. The lowest BCUT2D eigenvalue weighted by molar-refractivity contribution is -0.120. The van der Waals surface area contributed by atoms with E-state index in [4.69, 9.17) is 10.5 Å². The minimum atomic E-state index is 0.00260. The van der Waals surface area contributed by atoms with Gasteiger partial charge in [0.25, 0.3) is 0 Å². The lowest BCUT2D eigenvalue weighted by Gasteiger charge is -2.11. The van der Waals surface area contributed by atoms with Gasteiger partial charge in [-0.3, -0.25) is 4.79 Å². The maximum Gasteiger partial charge on any atom is 0.224 e. The molecule has 0 spiro atoms. The summed E-state index contributed by atoms with van der Waals surface area (Å²) < 4.78 is 5.21. The van der Waals surface area contributed by atoms with Gasteiger partial charge < -0.3 is 15.8 Å². The van der Waals surface area contributed by atoms with Gasteiger partial charge in [0.2, 0.25) is 5.91 Å². The predicted octanol–water partition coefficient (Wildman–Crippen LogP) is 1.48. The molecule has 0 saturated heterocycles. The maximum absolute atomic E-state index is 11.7. The van der Waals surface area contributed by atoms with Crippen molar-refractivity contribution in [1.29, 1.82) is 0 Å². The minimum absolute atomic E-state index is 0.00260. The Bertz CT molecular complexity index is 380. The summed E-state index contributed by atoms with van der Waals surface area (Å²) >= 11 is 0. The average molecular weight is 250 g/mol. The highest BCUT2D eigenvalue weighted by atomic mass is 16.5. The first-order chi connectivity index (χ1) is 8.67. The number of para-hydroxylation sites is 1. The SMILES string of the molecule is CCC(N)CCNC(=O)Cc1ccccc1OC. The zero-order chi connectivity index (χ0) is 13.4. The van der Waals surface area contributed by atoms with Crippen LogP contribution in [0.25, 0.3) is 0 Å². The summed E-state index contributed by atoms with van der Waals surface area (Å²) in [6.45, 7) is 2.67. The van der Waals surface area contributed by atoms with Gasteiger partial charge in [-0.15, -0.1) is 0 Å². The molecule has 1 aromatic carbocycles. The molecular weight excluding hydrogens is 228 g/mol. The molecule has 0 saturated carbocycles. The molecule has 18 heavy (non-hydrogen) atoms. The fourth-order valence-corrected chi connectivity index (χ4v) is 1.69. The topological polar surface area (TPSA) is 64.3 Å². The van der Waals surface area contributed by atoms with E-state index in [2.05, 4.69) is 5.32 Å². The van der Waals surface area contributed by atoms with Crippen molar-refractivity contribution in [2.45, 2.75) is 32.2 Å². The largest absolute Gasteiger partial charge is 0.496 e. The Balaban J connectivity index is 2.40. The number of ether oxygens (including phenoxy) is 1. The van der Waals surface area contributed by atoms with Crippen LogP contribution in [0.5, 0.6) is 5.75 Å². The number of methoxy groups -OCH3 is 1. The summed E-state index contributed by atoms with van der Waals surface area (Å²) in [7, 11) is 1.61. The molecule has 0 radical (unpaired) electrons. The molecule has 0 fully saturated rings. The molecule has 1 amide bonds. The summed E-state index contributed by atoms with van der Waals surface area (Å²) in [5.41, 5.74) is 6.69. The van der Waals surface area contributed by atoms with Gasteiger partial charge in [-0.25, -0.2) is 0 Å². The monoisotopic (exact) mass is 250 g/mol. The van der Waals surface area contributed by atoms with Crippen LogP contribution < -0.4 is 15.8 Å². The maximum atomic E-state index is 11.7. The molecular formula is C14H22N2O2. The van der Waals surface area contributed by atoms with Crippen molar-refractivity contribution in [1.82, 2.24) is 5.32 Å². The molecule has 0 aliphatic carbocycles. The molecule has 1 unspecified atom stereocenters. The van der Waals surface area contributed by atoms with E-state index < -0.39 is 0 Å². The second-order valence-corrected chi connectivity index (χ2v) is 4.30. The van der Waals surface area contributed by atoms with Gasteiger partial charge in [-0.05, 0) is 18.9 Å². The Hall–Kier alpha value is -1.55. The van der Waals surface area contributed by atoms with Crippen LogP contribution in [0.2, 0.25) is 0 Å². The van der Waals surface area contributed by atoms with E-state index in [1.807, 2.05) is 31.2 Å². The zero-order valence-corrected chi connectivity index (χ0v) is 11.1. The Morgan fingerprint density at radius 3 is 2.83 bits per heavy atom. The Kier molecular flexibility index (Phi) is 6.22. The van der Waals surface area contributed by atoms with E-state index in [1.54, 1.807) is 7.11 Å². The highest BCUT2D eigenvalue weighted by molar-refractivity contribution is 5.79. The Morgan fingerprint density at radius 1 is 1.44 bits per heavy atom. The van der Waals surface area contributed by atoms with Crippen LogP contribution in [0.15, 0.2) is 24.3 Å². The molecule has 4 heteroatoms. The number of carbonyl (C=O) groups is 1. The first-order valence-electron chi connectivity index (χ1n) is 6.31. The van der Waals surface area contributed by atoms with Gasteiger partial charge in [0, 0.05) is 18.2 Å². The molecule has 0 aromatic heterocycles. The first-order valence-corrected chi connectivity index (χ1v) is 6.31. The van der Waals surface area contributed by atoms with Crippen LogP contribution in [-0.4, -0.2) is 25.6 Å². The number of nitrogens with one attached hydrogen (secondary N) is 1. The highest BCUT2D eigenvalue weighted by Crippen LogP contribution is 2.17. The third-order valence-corrected chi connectivity index (χ3v) is 2.91. The molecule has 3 N–H and O–H groups in total. The second-order valence-electron chi connectivity index (χ2n) is 4.30. The van der Waals surface area contributed by atoms with E-state index in [1.165, 1.54) is 0 Å². The molecule has 1 aromatic rings. The molecule has 100 valence electrons. The summed E-state index contributed by atoms with van der Waals surface area (Å²) in [5.74, 6) is 0.751. The molecule has 0 aliphatic rings. The Labute approximate surface area is 109 Å². The van der Waals surface area contributed by atoms with E-state index in [0.29, 0.717) is 13.0 Å². The average Bonchev–Trinajstić information content (AvgIpc) is 2.39. The number of rotatable bonds is 7. The summed E-state index contributed by atoms with van der Waals surface area (Å²) in [6, 6.07) is 7.71. The number of nitrogens with two attached hydrogens (primary N) is 1. The first kappa shape index (κ1) is 14.5. The van der Waals surface area contributed by atoms with Crippen LogP contribution in [0.1, 0.15) is 25.3 Å². The quantitative estimate of drug-likeness (QED) is 0.770. The third-order valence-electron chi connectivity index (χ3n) is 2.91. The van der Waals surface area contributed by atoms with Crippen LogP contribution >= 0.6 is 0 Å². The summed E-state index contributed by atoms with van der Waals surface area (Å²) in [5, 5.41) is 2.87. The molecule has 4 nitrogen and oxygen atoms in total. The molecule has 0 aliphatic heterocycles. The van der Waals surface area contributed by atoms with Crippen LogP contribution in [0.3, 0.4) is 0 Å². The number of amides is 1. The van der Waals surface area contributed by atoms with Gasteiger partial charge in [-0.1, -0.05) is 25.1 Å². The smallest absolute Gasteiger partial charge is 0.224 e. The standard InChI is InChI=1S/C14H22N2O2/c1-3-12(15)8-9-16-14(17)10-11-6-4-5-7-13(11)18-2/h4-7,12H,3,8-10,15H2,1-2H3,(H,16,17). The van der Waals surface area contributed by atoms with E-state index >= 15 is 0 Å². The van der Waals surface area contributed by atoms with Crippen molar-refractivity contribution >= 4 is 5.91 Å². The fourth-order valence-electron chi connectivity index (χ4n) is 1.69. The molecule has 0 bridgehead atoms. The predicted molar refractivity (Wildman–Crippen MR) is 72.6 cm³/mol. The van der Waals surface area contributed by atoms with Crippen molar-refractivity contribution < 1.29 is 9.53 Å². The van der Waals surface area contributed by atoms with E-state index in [0.717, 1.165) is 24.2 Å². The van der Waals surface area contributed by atoms with E-state index in [9.17, 15) is 4.79 Å². The van der Waals surface area contributed by atoms with Crippen molar-refractivity contribution in [2.75, 3.05) is 13.7 Å². The van der Waals surface area contributed by atoms with Crippen LogP contribution in [0.4, 0.5) is 0 Å². The Morgan fingerprint density at radius 2 is 2.17 bits per heavy atom. The number of hydrogen-bond acceptors (Lipinski definition) is 3. The number of hydrogen-bond donors (Lipinski definition) is 2. The van der Waals surface area contributed by atoms with Crippen molar-refractivity contribution in [2.24, 2.45) is 5.73 Å². The van der Waals surface area contributed by atoms with Crippen LogP contribution in [0, 0.1) is 0 Å². The summed E-state index contributed by atoms with van der Waals surface area (Å²) in [6.07, 6.45) is 2.09. The summed E-state index contributed by atoms with van der Waals surface area (Å²) in [4.78, 5) is 11.7. The van der Waals surface area contributed by atoms with Gasteiger partial charge in [0.05, 0.1) is 13.5 Å². The molecule has 0 heterocycles. The van der Waals surface area contributed by atoms with E-state index in [-0.39, 0.29) is 11.9 Å². The van der Waals surface area contributed by atoms with Gasteiger partial charge in [0.15, 0.2) is 0 Å². The number of benzene rings is 1. The van der Waals surface area contributed by atoms with Gasteiger partial charge >= 0.3 is 0 Å². The molecule has 1 rings (SSSR count). The van der Waals surface area contributed by atoms with Gasteiger partial charge in [-0.2, -0.15) is 0 Å². The van der Waals surface area contributed by atoms with Crippen molar-refractivity contribution in [3.63, 3.8) is 0 Å². The minimum Gasteiger partial charge on any atom is -0.496 e. The normalized spacial score (nSPS) is 11.9. The third kappa shape index (κ3) is 4.75. The fraction of sp³-hybridized carbons (Fsp3) is 0.500. The highest BCUT2D eigenvalue weighted by Gasteiger charge is 2.08. The van der Waals surface area contributed by atoms with Crippen molar-refractivity contribution in [3.05, 3.63) is 29.8 Å². The molecule has 1 atom stereocenters. The number of carbonyl (C=O) groups excluding carboxylic acids is 1.